The first-order chi connectivity index (χ1) is 12.4. The Kier molecular flexibility index (Phi) is 7.93. The van der Waals surface area contributed by atoms with Crippen molar-refractivity contribution in [3.63, 3.8) is 0 Å². The molecule has 1 unspecified atom stereocenters. The van der Waals surface area contributed by atoms with Gasteiger partial charge in [0.15, 0.2) is 11.0 Å². The smallest absolute Gasteiger partial charge is 0.230 e. The summed E-state index contributed by atoms with van der Waals surface area (Å²) >= 11 is 7.41. The van der Waals surface area contributed by atoms with E-state index in [0.29, 0.717) is 22.5 Å². The third-order valence-corrected chi connectivity index (χ3v) is 5.26. The molecule has 2 rings (SSSR count). The second-order valence-electron chi connectivity index (χ2n) is 6.28. The largest absolute Gasteiger partial charge is 0.355 e. The summed E-state index contributed by atoms with van der Waals surface area (Å²) in [6.07, 6.45) is 2.05. The van der Waals surface area contributed by atoms with E-state index < -0.39 is 0 Å². The highest BCUT2D eigenvalue weighted by Crippen LogP contribution is 2.27. The summed E-state index contributed by atoms with van der Waals surface area (Å²) in [6, 6.07) is 7.62. The second-order valence-corrected chi connectivity index (χ2v) is 7.66. The van der Waals surface area contributed by atoms with E-state index in [-0.39, 0.29) is 11.9 Å². The second kappa shape index (κ2) is 9.94. The molecule has 142 valence electrons. The highest BCUT2D eigenvalue weighted by Gasteiger charge is 2.21. The molecule has 0 radical (unpaired) electrons. The predicted molar refractivity (Wildman–Crippen MR) is 107 cm³/mol. The predicted octanol–water partition coefficient (Wildman–Crippen LogP) is 3.55. The van der Waals surface area contributed by atoms with Gasteiger partial charge in [0.2, 0.25) is 5.91 Å². The van der Waals surface area contributed by atoms with Gasteiger partial charge in [-0.3, -0.25) is 14.3 Å². The normalized spacial score (nSPS) is 12.4. The van der Waals surface area contributed by atoms with Gasteiger partial charge < -0.3 is 5.32 Å². The number of amides is 1. The minimum absolute atomic E-state index is 0.0105. The first-order valence-electron chi connectivity index (χ1n) is 8.71. The van der Waals surface area contributed by atoms with Crippen LogP contribution in [0.5, 0.6) is 0 Å². The molecule has 6 nitrogen and oxygen atoms in total. The van der Waals surface area contributed by atoms with E-state index in [1.54, 1.807) is 0 Å². The first-order valence-corrected chi connectivity index (χ1v) is 10.1. The summed E-state index contributed by atoms with van der Waals surface area (Å²) in [4.78, 5) is 14.1. The van der Waals surface area contributed by atoms with E-state index in [1.165, 1.54) is 11.8 Å². The minimum atomic E-state index is 0.0105. The molecule has 0 aliphatic carbocycles. The molecular weight excluding hydrogens is 370 g/mol. The van der Waals surface area contributed by atoms with E-state index >= 15 is 0 Å². The van der Waals surface area contributed by atoms with Gasteiger partial charge in [-0.15, -0.1) is 10.2 Å². The molecule has 0 spiro atoms. The van der Waals surface area contributed by atoms with Crippen molar-refractivity contribution in [1.82, 2.24) is 25.0 Å². The zero-order valence-corrected chi connectivity index (χ0v) is 17.3. The van der Waals surface area contributed by atoms with Gasteiger partial charge in [-0.2, -0.15) is 0 Å². The highest BCUT2D eigenvalue weighted by atomic mass is 35.5. The molecule has 1 amide bonds. The number of hydrogen-bond donors (Lipinski definition) is 1. The van der Waals surface area contributed by atoms with Crippen LogP contribution in [-0.2, 0) is 4.79 Å². The van der Waals surface area contributed by atoms with Gasteiger partial charge in [-0.1, -0.05) is 36.7 Å². The topological polar surface area (TPSA) is 63.1 Å². The number of nitrogens with zero attached hydrogens (tertiary/aromatic N) is 4. The van der Waals surface area contributed by atoms with Crippen molar-refractivity contribution < 1.29 is 4.79 Å². The van der Waals surface area contributed by atoms with E-state index in [9.17, 15) is 4.79 Å². The van der Waals surface area contributed by atoms with Crippen LogP contribution in [0, 0.1) is 0 Å². The summed E-state index contributed by atoms with van der Waals surface area (Å²) in [6.45, 7) is 4.88. The number of carbonyl (C=O) groups excluding carboxylic acids is 1. The number of rotatable bonds is 9. The lowest BCUT2D eigenvalue weighted by molar-refractivity contribution is -0.118. The van der Waals surface area contributed by atoms with Crippen molar-refractivity contribution in [3.05, 3.63) is 35.1 Å². The van der Waals surface area contributed by atoms with E-state index in [4.69, 9.17) is 11.6 Å². The van der Waals surface area contributed by atoms with Crippen molar-refractivity contribution in [2.45, 2.75) is 37.9 Å². The Morgan fingerprint density at radius 2 is 2.00 bits per heavy atom. The maximum atomic E-state index is 12.0. The Morgan fingerprint density at radius 1 is 1.31 bits per heavy atom. The zero-order chi connectivity index (χ0) is 19.1. The molecule has 0 bridgehead atoms. The number of unbranched alkanes of at least 4 members (excludes halogenated alkanes) is 1. The molecular formula is C18H26ClN5OS. The average Bonchev–Trinajstić information content (AvgIpc) is 3.04. The zero-order valence-electron chi connectivity index (χ0n) is 15.7. The number of aromatic nitrogens is 3. The number of nitrogens with one attached hydrogen (secondary N) is 1. The lowest BCUT2D eigenvalue weighted by Gasteiger charge is -2.20. The van der Waals surface area contributed by atoms with Crippen LogP contribution in [0.2, 0.25) is 5.02 Å². The molecule has 0 aliphatic heterocycles. The van der Waals surface area contributed by atoms with Gasteiger partial charge in [0.1, 0.15) is 0 Å². The van der Waals surface area contributed by atoms with Gasteiger partial charge >= 0.3 is 0 Å². The SMILES string of the molecule is CCCCNC(=O)CSc1nnc(C(C)N(C)C)n1-c1ccc(Cl)cc1. The Labute approximate surface area is 164 Å². The van der Waals surface area contributed by atoms with Crippen LogP contribution in [0.4, 0.5) is 0 Å². The summed E-state index contributed by atoms with van der Waals surface area (Å²) in [5.74, 6) is 1.15. The minimum Gasteiger partial charge on any atom is -0.355 e. The lowest BCUT2D eigenvalue weighted by atomic mass is 10.2. The molecule has 1 aromatic heterocycles. The molecule has 0 aliphatic rings. The number of hydrogen-bond acceptors (Lipinski definition) is 5. The maximum absolute atomic E-state index is 12.0. The average molecular weight is 396 g/mol. The van der Waals surface area contributed by atoms with Gasteiger partial charge in [0, 0.05) is 17.3 Å². The molecule has 26 heavy (non-hydrogen) atoms. The van der Waals surface area contributed by atoms with Gasteiger partial charge in [0.05, 0.1) is 11.8 Å². The van der Waals surface area contributed by atoms with E-state index in [0.717, 1.165) is 24.4 Å². The van der Waals surface area contributed by atoms with Crippen LogP contribution in [0.3, 0.4) is 0 Å². The molecule has 2 aromatic rings. The Morgan fingerprint density at radius 3 is 2.62 bits per heavy atom. The Balaban J connectivity index is 2.23. The standard InChI is InChI=1S/C18H26ClN5OS/c1-5-6-11-20-16(25)12-26-18-22-21-17(13(2)23(3)4)24(18)15-9-7-14(19)8-10-15/h7-10,13H,5-6,11-12H2,1-4H3,(H,20,25). The summed E-state index contributed by atoms with van der Waals surface area (Å²) in [5, 5.41) is 13.0. The highest BCUT2D eigenvalue weighted by molar-refractivity contribution is 7.99. The lowest BCUT2D eigenvalue weighted by Crippen LogP contribution is -2.26. The molecule has 0 saturated heterocycles. The molecule has 1 N–H and O–H groups in total. The van der Waals surface area contributed by atoms with Crippen molar-refractivity contribution >= 4 is 29.3 Å². The third-order valence-electron chi connectivity index (χ3n) is 4.08. The van der Waals surface area contributed by atoms with E-state index in [1.807, 2.05) is 42.9 Å². The Bertz CT molecular complexity index is 717. The fourth-order valence-electron chi connectivity index (χ4n) is 2.29. The summed E-state index contributed by atoms with van der Waals surface area (Å²) in [7, 11) is 4.00. The fraction of sp³-hybridized carbons (Fsp3) is 0.500. The number of thioether (sulfide) groups is 1. The van der Waals surface area contributed by atoms with Gasteiger partial charge in [0.25, 0.3) is 0 Å². The van der Waals surface area contributed by atoms with Crippen molar-refractivity contribution in [1.29, 1.82) is 0 Å². The van der Waals surface area contributed by atoms with Crippen LogP contribution >= 0.6 is 23.4 Å². The van der Waals surface area contributed by atoms with Crippen LogP contribution in [0.15, 0.2) is 29.4 Å². The summed E-state index contributed by atoms with van der Waals surface area (Å²) < 4.78 is 1.99. The third kappa shape index (κ3) is 5.46. The van der Waals surface area contributed by atoms with Crippen LogP contribution in [-0.4, -0.2) is 52.0 Å². The molecule has 8 heteroatoms. The summed E-state index contributed by atoms with van der Waals surface area (Å²) in [5.41, 5.74) is 0.928. The quantitative estimate of drug-likeness (QED) is 0.519. The monoisotopic (exact) mass is 395 g/mol. The van der Waals surface area contributed by atoms with Gasteiger partial charge in [-0.05, 0) is 51.7 Å². The number of benzene rings is 1. The van der Waals surface area contributed by atoms with Crippen molar-refractivity contribution in [2.24, 2.45) is 0 Å². The molecule has 1 atom stereocenters. The maximum Gasteiger partial charge on any atom is 0.230 e. The van der Waals surface area contributed by atoms with Crippen molar-refractivity contribution in [2.75, 3.05) is 26.4 Å². The molecule has 1 heterocycles. The van der Waals surface area contributed by atoms with Crippen LogP contribution < -0.4 is 5.32 Å². The van der Waals surface area contributed by atoms with Gasteiger partial charge in [-0.25, -0.2) is 0 Å². The van der Waals surface area contributed by atoms with Crippen LogP contribution in [0.25, 0.3) is 5.69 Å². The first kappa shape index (κ1) is 20.7. The van der Waals surface area contributed by atoms with Crippen molar-refractivity contribution in [3.8, 4) is 5.69 Å². The Hall–Kier alpha value is -1.57. The van der Waals surface area contributed by atoms with Crippen LogP contribution in [0.1, 0.15) is 38.6 Å². The molecule has 1 aromatic carbocycles. The molecule has 0 fully saturated rings. The molecule has 0 saturated carbocycles. The number of halogens is 1. The van der Waals surface area contributed by atoms with E-state index in [2.05, 4.69) is 34.3 Å². The fourth-order valence-corrected chi connectivity index (χ4v) is 3.21. The number of carbonyl (C=O) groups is 1.